The second kappa shape index (κ2) is 5.13. The van der Waals surface area contributed by atoms with Gasteiger partial charge in [0.2, 0.25) is 0 Å². The van der Waals surface area contributed by atoms with Crippen molar-refractivity contribution in [1.29, 1.82) is 0 Å². The lowest BCUT2D eigenvalue weighted by Crippen LogP contribution is -2.28. The number of hydrogen-bond donors (Lipinski definition) is 2. The highest BCUT2D eigenvalue weighted by Crippen LogP contribution is 2.45. The van der Waals surface area contributed by atoms with Gasteiger partial charge >= 0.3 is 5.97 Å². The summed E-state index contributed by atoms with van der Waals surface area (Å²) >= 11 is 5.89. The average molecular weight is 292 g/mol. The molecule has 0 spiro atoms. The highest BCUT2D eigenvalue weighted by atomic mass is 35.5. The summed E-state index contributed by atoms with van der Waals surface area (Å²) < 4.78 is 0. The van der Waals surface area contributed by atoms with Crippen molar-refractivity contribution < 1.29 is 9.90 Å². The van der Waals surface area contributed by atoms with Crippen molar-refractivity contribution in [3.63, 3.8) is 0 Å². The van der Waals surface area contributed by atoms with Crippen molar-refractivity contribution in [2.24, 2.45) is 17.8 Å². The fourth-order valence-electron chi connectivity index (χ4n) is 3.55. The van der Waals surface area contributed by atoms with Crippen molar-refractivity contribution >= 4 is 23.3 Å². The van der Waals surface area contributed by atoms with Gasteiger partial charge in [0, 0.05) is 11.7 Å². The maximum absolute atomic E-state index is 11.1. The summed E-state index contributed by atoms with van der Waals surface area (Å²) in [5.41, 5.74) is 0.975. The number of anilines is 1. The molecule has 0 saturated heterocycles. The summed E-state index contributed by atoms with van der Waals surface area (Å²) in [5.74, 6) is 1.06. The van der Waals surface area contributed by atoms with Gasteiger partial charge < -0.3 is 10.4 Å². The number of rotatable bonds is 4. The van der Waals surface area contributed by atoms with E-state index in [0.717, 1.165) is 11.6 Å². The van der Waals surface area contributed by atoms with Crippen molar-refractivity contribution in [3.05, 3.63) is 40.9 Å². The molecule has 0 aliphatic heterocycles. The Morgan fingerprint density at radius 1 is 1.40 bits per heavy atom. The van der Waals surface area contributed by atoms with Crippen LogP contribution >= 0.6 is 11.6 Å². The first-order chi connectivity index (χ1) is 9.54. The van der Waals surface area contributed by atoms with Gasteiger partial charge in [0.15, 0.2) is 0 Å². The molecule has 4 unspecified atom stereocenters. The lowest BCUT2D eigenvalue weighted by Gasteiger charge is -2.27. The van der Waals surface area contributed by atoms with E-state index in [0.29, 0.717) is 17.9 Å². The van der Waals surface area contributed by atoms with Crippen LogP contribution in [0.5, 0.6) is 0 Å². The van der Waals surface area contributed by atoms with Crippen LogP contribution in [0.4, 0.5) is 5.69 Å². The Kier molecular flexibility index (Phi) is 3.47. The summed E-state index contributed by atoms with van der Waals surface area (Å²) in [5, 5.41) is 12.8. The molecular weight excluding hydrogens is 274 g/mol. The van der Waals surface area contributed by atoms with Crippen LogP contribution in [0.3, 0.4) is 0 Å². The molecule has 2 aliphatic carbocycles. The number of nitrogens with one attached hydrogen (secondary N) is 1. The number of carboxylic acids is 1. The minimum Gasteiger partial charge on any atom is -0.478 e. The standard InChI is InChI=1S/C16H18ClNO2/c1-9(13-7-10-2-3-11(13)6-10)18-12-4-5-15(17)14(8-12)16(19)20/h2-5,8-11,13,18H,6-7H2,1H3,(H,19,20). The Morgan fingerprint density at radius 2 is 2.20 bits per heavy atom. The molecule has 0 heterocycles. The molecule has 1 fully saturated rings. The number of carbonyl (C=O) groups is 1. The Bertz CT molecular complexity index is 570. The minimum atomic E-state index is -0.992. The maximum Gasteiger partial charge on any atom is 0.337 e. The zero-order chi connectivity index (χ0) is 14.3. The molecule has 2 aliphatic rings. The summed E-state index contributed by atoms with van der Waals surface area (Å²) in [6.07, 6.45) is 7.17. The van der Waals surface area contributed by atoms with Crippen molar-refractivity contribution in [3.8, 4) is 0 Å². The van der Waals surface area contributed by atoms with E-state index < -0.39 is 5.97 Å². The van der Waals surface area contributed by atoms with Crippen LogP contribution in [0.25, 0.3) is 0 Å². The molecule has 0 amide bonds. The summed E-state index contributed by atoms with van der Waals surface area (Å²) in [4.78, 5) is 11.1. The molecule has 4 atom stereocenters. The topological polar surface area (TPSA) is 49.3 Å². The Labute approximate surface area is 123 Å². The Hall–Kier alpha value is -1.48. The van der Waals surface area contributed by atoms with Crippen LogP contribution in [0, 0.1) is 17.8 Å². The van der Waals surface area contributed by atoms with Gasteiger partial charge in [-0.25, -0.2) is 4.79 Å². The molecular formula is C16H18ClNO2. The fraction of sp³-hybridized carbons (Fsp3) is 0.438. The highest BCUT2D eigenvalue weighted by Gasteiger charge is 2.38. The lowest BCUT2D eigenvalue weighted by atomic mass is 9.87. The molecule has 3 nitrogen and oxygen atoms in total. The molecule has 4 heteroatoms. The van der Waals surface area contributed by atoms with Gasteiger partial charge in [0.25, 0.3) is 0 Å². The zero-order valence-corrected chi connectivity index (χ0v) is 12.1. The van der Waals surface area contributed by atoms with Gasteiger partial charge in [-0.1, -0.05) is 23.8 Å². The van der Waals surface area contributed by atoms with Crippen LogP contribution in [-0.4, -0.2) is 17.1 Å². The number of fused-ring (bicyclic) bond motifs is 2. The van der Waals surface area contributed by atoms with Crippen molar-refractivity contribution in [1.82, 2.24) is 0 Å². The van der Waals surface area contributed by atoms with Crippen LogP contribution in [0.15, 0.2) is 30.4 Å². The van der Waals surface area contributed by atoms with E-state index in [4.69, 9.17) is 16.7 Å². The summed E-state index contributed by atoms with van der Waals surface area (Å²) in [6, 6.07) is 5.43. The second-order valence-electron chi connectivity index (χ2n) is 5.88. The van der Waals surface area contributed by atoms with Crippen molar-refractivity contribution in [2.75, 3.05) is 5.32 Å². The van der Waals surface area contributed by atoms with Gasteiger partial charge in [-0.2, -0.15) is 0 Å². The Balaban J connectivity index is 1.73. The zero-order valence-electron chi connectivity index (χ0n) is 11.3. The third-order valence-electron chi connectivity index (χ3n) is 4.56. The molecule has 0 radical (unpaired) electrons. The molecule has 2 N–H and O–H groups in total. The van der Waals surface area contributed by atoms with E-state index in [1.54, 1.807) is 12.1 Å². The quantitative estimate of drug-likeness (QED) is 0.823. The van der Waals surface area contributed by atoms with E-state index in [1.165, 1.54) is 12.8 Å². The first-order valence-electron chi connectivity index (χ1n) is 7.02. The van der Waals surface area contributed by atoms with Gasteiger partial charge in [-0.15, -0.1) is 0 Å². The predicted molar refractivity (Wildman–Crippen MR) is 80.3 cm³/mol. The number of carboxylic acid groups (broad SMARTS) is 1. The first-order valence-corrected chi connectivity index (χ1v) is 7.40. The molecule has 1 saturated carbocycles. The molecule has 2 bridgehead atoms. The van der Waals surface area contributed by atoms with E-state index in [-0.39, 0.29) is 10.6 Å². The van der Waals surface area contributed by atoms with Crippen molar-refractivity contribution in [2.45, 2.75) is 25.8 Å². The maximum atomic E-state index is 11.1. The monoisotopic (exact) mass is 291 g/mol. The number of allylic oxidation sites excluding steroid dienone is 2. The third-order valence-corrected chi connectivity index (χ3v) is 4.89. The number of halogens is 1. The van der Waals surface area contributed by atoms with Crippen LogP contribution < -0.4 is 5.32 Å². The summed E-state index contributed by atoms with van der Waals surface area (Å²) in [6.45, 7) is 2.17. The molecule has 1 aromatic rings. The molecule has 3 rings (SSSR count). The van der Waals surface area contributed by atoms with E-state index >= 15 is 0 Å². The number of benzene rings is 1. The molecule has 0 aromatic heterocycles. The normalized spacial score (nSPS) is 28.6. The van der Waals surface area contributed by atoms with Gasteiger partial charge in [0.05, 0.1) is 10.6 Å². The van der Waals surface area contributed by atoms with Gasteiger partial charge in [-0.05, 0) is 55.7 Å². The fourth-order valence-corrected chi connectivity index (χ4v) is 3.75. The SMILES string of the molecule is CC(Nc1ccc(Cl)c(C(=O)O)c1)C1CC2C=CC1C2. The van der Waals surface area contributed by atoms with Crippen LogP contribution in [0.1, 0.15) is 30.1 Å². The van der Waals surface area contributed by atoms with E-state index in [1.807, 2.05) is 6.07 Å². The Morgan fingerprint density at radius 3 is 2.80 bits per heavy atom. The largest absolute Gasteiger partial charge is 0.478 e. The van der Waals surface area contributed by atoms with E-state index in [2.05, 4.69) is 24.4 Å². The first kappa shape index (κ1) is 13.5. The molecule has 106 valence electrons. The lowest BCUT2D eigenvalue weighted by molar-refractivity contribution is 0.0697. The van der Waals surface area contributed by atoms with Gasteiger partial charge in [0.1, 0.15) is 0 Å². The predicted octanol–water partition coefficient (Wildman–Crippen LogP) is 4.05. The van der Waals surface area contributed by atoms with Gasteiger partial charge in [-0.3, -0.25) is 0 Å². The number of hydrogen-bond acceptors (Lipinski definition) is 2. The molecule has 20 heavy (non-hydrogen) atoms. The van der Waals surface area contributed by atoms with Crippen LogP contribution in [-0.2, 0) is 0 Å². The molecule has 1 aromatic carbocycles. The third kappa shape index (κ3) is 2.42. The average Bonchev–Trinajstić information content (AvgIpc) is 3.03. The highest BCUT2D eigenvalue weighted by molar-refractivity contribution is 6.33. The van der Waals surface area contributed by atoms with Crippen LogP contribution in [0.2, 0.25) is 5.02 Å². The van der Waals surface area contributed by atoms with E-state index in [9.17, 15) is 4.79 Å². The smallest absolute Gasteiger partial charge is 0.337 e. The number of aromatic carboxylic acids is 1. The minimum absolute atomic E-state index is 0.150. The second-order valence-corrected chi connectivity index (χ2v) is 6.28. The summed E-state index contributed by atoms with van der Waals surface area (Å²) in [7, 11) is 0.